The zero-order valence-electron chi connectivity index (χ0n) is 11.8. The number of aliphatic hydroxyl groups excluding tert-OH is 1. The lowest BCUT2D eigenvalue weighted by Crippen LogP contribution is -2.44. The summed E-state index contributed by atoms with van der Waals surface area (Å²) in [6, 6.07) is 7.86. The van der Waals surface area contributed by atoms with Crippen LogP contribution in [0.25, 0.3) is 6.08 Å². The van der Waals surface area contributed by atoms with Gasteiger partial charge in [0.05, 0.1) is 13.7 Å². The molecule has 1 fully saturated rings. The van der Waals surface area contributed by atoms with Crippen molar-refractivity contribution in [3.63, 3.8) is 0 Å². The van der Waals surface area contributed by atoms with Crippen molar-refractivity contribution >= 4 is 12.0 Å². The Morgan fingerprint density at radius 3 is 2.80 bits per heavy atom. The third kappa shape index (κ3) is 3.39. The predicted octanol–water partition coefficient (Wildman–Crippen LogP) is 2.08. The monoisotopic (exact) mass is 275 g/mol. The molecule has 1 aliphatic carbocycles. The SMILES string of the molecule is COc1ccccc1/C=C/C(=O)N(CCO)C1CCC1. The van der Waals surface area contributed by atoms with Gasteiger partial charge in [0, 0.05) is 24.2 Å². The lowest BCUT2D eigenvalue weighted by atomic mass is 9.91. The average molecular weight is 275 g/mol. The molecule has 108 valence electrons. The van der Waals surface area contributed by atoms with Gasteiger partial charge in [0.15, 0.2) is 0 Å². The molecule has 0 bridgehead atoms. The second-order valence-corrected chi connectivity index (χ2v) is 4.92. The van der Waals surface area contributed by atoms with Crippen LogP contribution in [-0.2, 0) is 4.79 Å². The number of nitrogens with zero attached hydrogens (tertiary/aromatic N) is 1. The fraction of sp³-hybridized carbons (Fsp3) is 0.438. The summed E-state index contributed by atoms with van der Waals surface area (Å²) in [5.41, 5.74) is 0.876. The van der Waals surface area contributed by atoms with Crippen molar-refractivity contribution in [2.45, 2.75) is 25.3 Å². The van der Waals surface area contributed by atoms with Gasteiger partial charge in [-0.15, -0.1) is 0 Å². The van der Waals surface area contributed by atoms with E-state index < -0.39 is 0 Å². The van der Waals surface area contributed by atoms with Crippen LogP contribution in [0.4, 0.5) is 0 Å². The van der Waals surface area contributed by atoms with Crippen LogP contribution < -0.4 is 4.74 Å². The molecule has 20 heavy (non-hydrogen) atoms. The van der Waals surface area contributed by atoms with E-state index in [1.165, 1.54) is 0 Å². The molecule has 0 aromatic heterocycles. The fourth-order valence-electron chi connectivity index (χ4n) is 2.34. The molecule has 0 spiro atoms. The number of aliphatic hydroxyl groups is 1. The minimum Gasteiger partial charge on any atom is -0.496 e. The molecule has 0 saturated heterocycles. The highest BCUT2D eigenvalue weighted by molar-refractivity contribution is 5.92. The first kappa shape index (κ1) is 14.6. The molecule has 2 rings (SSSR count). The second-order valence-electron chi connectivity index (χ2n) is 4.92. The Hall–Kier alpha value is -1.81. The van der Waals surface area contributed by atoms with E-state index in [0.29, 0.717) is 6.54 Å². The number of amides is 1. The minimum atomic E-state index is -0.0466. The van der Waals surface area contributed by atoms with Crippen molar-refractivity contribution in [2.75, 3.05) is 20.3 Å². The van der Waals surface area contributed by atoms with Crippen LogP contribution in [0.3, 0.4) is 0 Å². The molecular weight excluding hydrogens is 254 g/mol. The summed E-state index contributed by atoms with van der Waals surface area (Å²) >= 11 is 0. The Morgan fingerprint density at radius 1 is 1.45 bits per heavy atom. The molecule has 0 unspecified atom stereocenters. The topological polar surface area (TPSA) is 49.8 Å². The van der Waals surface area contributed by atoms with Gasteiger partial charge in [-0.3, -0.25) is 4.79 Å². The molecule has 1 aromatic carbocycles. The summed E-state index contributed by atoms with van der Waals surface area (Å²) in [5.74, 6) is 0.698. The highest BCUT2D eigenvalue weighted by Gasteiger charge is 2.26. The van der Waals surface area contributed by atoms with Gasteiger partial charge in [-0.25, -0.2) is 0 Å². The molecule has 0 radical (unpaired) electrons. The van der Waals surface area contributed by atoms with Crippen LogP contribution in [0.15, 0.2) is 30.3 Å². The van der Waals surface area contributed by atoms with Gasteiger partial charge in [0.1, 0.15) is 5.75 Å². The third-order valence-corrected chi connectivity index (χ3v) is 3.68. The molecule has 1 aromatic rings. The minimum absolute atomic E-state index is 0.00470. The first-order chi connectivity index (χ1) is 9.76. The maximum absolute atomic E-state index is 12.2. The third-order valence-electron chi connectivity index (χ3n) is 3.68. The summed E-state index contributed by atoms with van der Waals surface area (Å²) < 4.78 is 5.25. The number of ether oxygens (including phenoxy) is 1. The highest BCUT2D eigenvalue weighted by atomic mass is 16.5. The van der Waals surface area contributed by atoms with Crippen molar-refractivity contribution in [3.05, 3.63) is 35.9 Å². The second kappa shape index (κ2) is 7.10. The Bertz CT molecular complexity index is 480. The summed E-state index contributed by atoms with van der Waals surface area (Å²) in [6.45, 7) is 0.407. The van der Waals surface area contributed by atoms with Crippen molar-refractivity contribution < 1.29 is 14.6 Å². The van der Waals surface area contributed by atoms with Crippen LogP contribution in [0.1, 0.15) is 24.8 Å². The van der Waals surface area contributed by atoms with Gasteiger partial charge >= 0.3 is 0 Å². The Balaban J connectivity index is 2.06. The highest BCUT2D eigenvalue weighted by Crippen LogP contribution is 2.25. The van der Waals surface area contributed by atoms with E-state index in [2.05, 4.69) is 0 Å². The maximum Gasteiger partial charge on any atom is 0.246 e. The molecule has 1 N–H and O–H groups in total. The first-order valence-corrected chi connectivity index (χ1v) is 6.99. The largest absolute Gasteiger partial charge is 0.496 e. The maximum atomic E-state index is 12.2. The van der Waals surface area contributed by atoms with Crippen LogP contribution in [0.2, 0.25) is 0 Å². The fourth-order valence-corrected chi connectivity index (χ4v) is 2.34. The van der Waals surface area contributed by atoms with Crippen molar-refractivity contribution in [1.82, 2.24) is 4.90 Å². The van der Waals surface area contributed by atoms with E-state index >= 15 is 0 Å². The van der Waals surface area contributed by atoms with Gasteiger partial charge in [0.2, 0.25) is 5.91 Å². The predicted molar refractivity (Wildman–Crippen MR) is 78.5 cm³/mol. The zero-order valence-corrected chi connectivity index (χ0v) is 11.8. The number of methoxy groups -OCH3 is 1. The quantitative estimate of drug-likeness (QED) is 0.809. The summed E-state index contributed by atoms with van der Waals surface area (Å²) in [6.07, 6.45) is 6.56. The Morgan fingerprint density at radius 2 is 2.20 bits per heavy atom. The smallest absolute Gasteiger partial charge is 0.246 e. The summed E-state index contributed by atoms with van der Waals surface area (Å²) in [4.78, 5) is 14.0. The van der Waals surface area contributed by atoms with E-state index in [1.807, 2.05) is 24.3 Å². The molecule has 0 aliphatic heterocycles. The number of benzene rings is 1. The number of hydrogen-bond donors (Lipinski definition) is 1. The van der Waals surface area contributed by atoms with Crippen molar-refractivity contribution in [1.29, 1.82) is 0 Å². The number of carbonyl (C=O) groups is 1. The molecule has 0 heterocycles. The summed E-state index contributed by atoms with van der Waals surface area (Å²) in [7, 11) is 1.61. The summed E-state index contributed by atoms with van der Waals surface area (Å²) in [5, 5.41) is 9.08. The standard InChI is InChI=1S/C16H21NO3/c1-20-15-8-3-2-5-13(15)9-10-16(19)17(11-12-18)14-6-4-7-14/h2-3,5,8-10,14,18H,4,6-7,11-12H2,1H3/b10-9+. The van der Waals surface area contributed by atoms with Crippen LogP contribution >= 0.6 is 0 Å². The van der Waals surface area contributed by atoms with Gasteiger partial charge in [-0.2, -0.15) is 0 Å². The van der Waals surface area contributed by atoms with E-state index in [1.54, 1.807) is 24.2 Å². The van der Waals surface area contributed by atoms with Crippen LogP contribution in [0.5, 0.6) is 5.75 Å². The number of carbonyl (C=O) groups excluding carboxylic acids is 1. The average Bonchev–Trinajstić information content (AvgIpc) is 2.42. The molecule has 1 saturated carbocycles. The van der Waals surface area contributed by atoms with E-state index in [0.717, 1.165) is 30.6 Å². The number of rotatable bonds is 6. The Labute approximate surface area is 119 Å². The van der Waals surface area contributed by atoms with Crippen molar-refractivity contribution in [2.24, 2.45) is 0 Å². The van der Waals surface area contributed by atoms with Crippen LogP contribution in [-0.4, -0.2) is 42.2 Å². The van der Waals surface area contributed by atoms with Gasteiger partial charge < -0.3 is 14.7 Å². The van der Waals surface area contributed by atoms with E-state index in [9.17, 15) is 4.79 Å². The Kier molecular flexibility index (Phi) is 5.18. The van der Waals surface area contributed by atoms with Crippen LogP contribution in [0, 0.1) is 0 Å². The molecule has 0 atom stereocenters. The normalized spacial score (nSPS) is 15.1. The first-order valence-electron chi connectivity index (χ1n) is 6.99. The molecule has 1 aliphatic rings. The zero-order chi connectivity index (χ0) is 14.4. The lowest BCUT2D eigenvalue weighted by molar-refractivity contribution is -0.130. The van der Waals surface area contributed by atoms with Gasteiger partial charge in [0.25, 0.3) is 0 Å². The lowest BCUT2D eigenvalue weighted by Gasteiger charge is -2.36. The molecular formula is C16H21NO3. The number of para-hydroxylation sites is 1. The molecule has 4 nitrogen and oxygen atoms in total. The molecule has 1 amide bonds. The van der Waals surface area contributed by atoms with Gasteiger partial charge in [-0.1, -0.05) is 18.2 Å². The molecule has 4 heteroatoms. The van der Waals surface area contributed by atoms with E-state index in [4.69, 9.17) is 9.84 Å². The van der Waals surface area contributed by atoms with Crippen molar-refractivity contribution in [3.8, 4) is 5.75 Å². The van der Waals surface area contributed by atoms with E-state index in [-0.39, 0.29) is 18.6 Å². The number of hydrogen-bond acceptors (Lipinski definition) is 3. The van der Waals surface area contributed by atoms with Gasteiger partial charge in [-0.05, 0) is 31.4 Å².